The third-order valence-corrected chi connectivity index (χ3v) is 2.17. The van der Waals surface area contributed by atoms with E-state index in [9.17, 15) is 4.39 Å². The first-order chi connectivity index (χ1) is 6.72. The summed E-state index contributed by atoms with van der Waals surface area (Å²) < 4.78 is 12.6. The summed E-state index contributed by atoms with van der Waals surface area (Å²) >= 11 is 0. The molecule has 0 unspecified atom stereocenters. The van der Waals surface area contributed by atoms with Gasteiger partial charge in [-0.25, -0.2) is 4.39 Å². The third kappa shape index (κ3) is 3.85. The summed E-state index contributed by atoms with van der Waals surface area (Å²) in [4.78, 5) is 0. The van der Waals surface area contributed by atoms with Crippen molar-refractivity contribution in [1.82, 2.24) is 5.32 Å². The molecule has 14 heavy (non-hydrogen) atoms. The molecule has 0 radical (unpaired) electrons. The minimum Gasteiger partial charge on any atom is -0.329 e. The first-order valence-electron chi connectivity index (χ1n) is 4.90. The van der Waals surface area contributed by atoms with Gasteiger partial charge in [0.1, 0.15) is 5.82 Å². The van der Waals surface area contributed by atoms with Crippen molar-refractivity contribution in [3.8, 4) is 0 Å². The highest BCUT2D eigenvalue weighted by Gasteiger charge is 1.97. The van der Waals surface area contributed by atoms with Crippen molar-refractivity contribution in [2.45, 2.75) is 19.4 Å². The molecule has 0 aliphatic carbocycles. The van der Waals surface area contributed by atoms with Gasteiger partial charge in [-0.1, -0.05) is 12.1 Å². The molecule has 0 fully saturated rings. The fourth-order valence-corrected chi connectivity index (χ4v) is 1.20. The third-order valence-electron chi connectivity index (χ3n) is 2.17. The van der Waals surface area contributed by atoms with E-state index < -0.39 is 0 Å². The highest BCUT2D eigenvalue weighted by Crippen LogP contribution is 2.02. The van der Waals surface area contributed by atoms with Crippen molar-refractivity contribution < 1.29 is 4.39 Å². The Balaban J connectivity index is 2.28. The predicted octanol–water partition coefficient (Wildman–Crippen LogP) is 1.30. The van der Waals surface area contributed by atoms with Gasteiger partial charge in [0.2, 0.25) is 0 Å². The molecule has 0 spiro atoms. The molecule has 0 heterocycles. The zero-order chi connectivity index (χ0) is 10.4. The van der Waals surface area contributed by atoms with Gasteiger partial charge in [0, 0.05) is 12.6 Å². The van der Waals surface area contributed by atoms with Crippen LogP contribution < -0.4 is 11.1 Å². The lowest BCUT2D eigenvalue weighted by molar-refractivity contribution is 0.558. The number of nitrogens with one attached hydrogen (secondary N) is 1. The van der Waals surface area contributed by atoms with E-state index in [4.69, 9.17) is 5.73 Å². The average molecular weight is 196 g/mol. The van der Waals surface area contributed by atoms with Crippen LogP contribution in [0.5, 0.6) is 0 Å². The van der Waals surface area contributed by atoms with Crippen LogP contribution in [-0.2, 0) is 6.42 Å². The van der Waals surface area contributed by atoms with Crippen LogP contribution in [0.2, 0.25) is 0 Å². The Bertz CT molecular complexity index is 258. The Labute approximate surface area is 84.3 Å². The number of halogens is 1. The summed E-state index contributed by atoms with van der Waals surface area (Å²) in [5, 5.41) is 3.28. The molecular formula is C11H17FN2. The molecule has 0 bridgehead atoms. The van der Waals surface area contributed by atoms with Crippen LogP contribution >= 0.6 is 0 Å². The van der Waals surface area contributed by atoms with Crippen LogP contribution in [0.4, 0.5) is 4.39 Å². The SMILES string of the molecule is C[C@@H](CN)NCCc1ccc(F)cc1. The molecular weight excluding hydrogens is 179 g/mol. The zero-order valence-electron chi connectivity index (χ0n) is 8.46. The van der Waals surface area contributed by atoms with Gasteiger partial charge in [-0.05, 0) is 37.6 Å². The normalized spacial score (nSPS) is 12.8. The number of rotatable bonds is 5. The van der Waals surface area contributed by atoms with Crippen LogP contribution in [0.3, 0.4) is 0 Å². The first-order valence-corrected chi connectivity index (χ1v) is 4.90. The van der Waals surface area contributed by atoms with Crippen LogP contribution in [0, 0.1) is 5.82 Å². The summed E-state index contributed by atoms with van der Waals surface area (Å²) in [6.07, 6.45) is 0.907. The minimum atomic E-state index is -0.183. The molecule has 1 aromatic rings. The largest absolute Gasteiger partial charge is 0.329 e. The van der Waals surface area contributed by atoms with Crippen LogP contribution in [0.25, 0.3) is 0 Å². The first kappa shape index (κ1) is 11.1. The Morgan fingerprint density at radius 3 is 2.57 bits per heavy atom. The second kappa shape index (κ2) is 5.73. The molecule has 0 aromatic heterocycles. The minimum absolute atomic E-state index is 0.183. The fraction of sp³-hybridized carbons (Fsp3) is 0.455. The fourth-order valence-electron chi connectivity index (χ4n) is 1.20. The van der Waals surface area contributed by atoms with Gasteiger partial charge in [-0.15, -0.1) is 0 Å². The van der Waals surface area contributed by atoms with Gasteiger partial charge in [0.05, 0.1) is 0 Å². The van der Waals surface area contributed by atoms with Crippen molar-refractivity contribution in [2.75, 3.05) is 13.1 Å². The predicted molar refractivity (Wildman–Crippen MR) is 56.6 cm³/mol. The lowest BCUT2D eigenvalue weighted by Gasteiger charge is -2.10. The smallest absolute Gasteiger partial charge is 0.123 e. The van der Waals surface area contributed by atoms with Gasteiger partial charge < -0.3 is 11.1 Å². The summed E-state index contributed by atoms with van der Waals surface area (Å²) in [6, 6.07) is 6.94. The van der Waals surface area contributed by atoms with Crippen molar-refractivity contribution in [3.63, 3.8) is 0 Å². The summed E-state index contributed by atoms with van der Waals surface area (Å²) in [7, 11) is 0. The van der Waals surface area contributed by atoms with Gasteiger partial charge >= 0.3 is 0 Å². The van der Waals surface area contributed by atoms with E-state index in [2.05, 4.69) is 5.32 Å². The molecule has 0 saturated carbocycles. The van der Waals surface area contributed by atoms with Crippen molar-refractivity contribution in [3.05, 3.63) is 35.6 Å². The summed E-state index contributed by atoms with van der Waals surface area (Å²) in [5.41, 5.74) is 6.60. The van der Waals surface area contributed by atoms with Gasteiger partial charge in [-0.2, -0.15) is 0 Å². The van der Waals surface area contributed by atoms with Crippen molar-refractivity contribution in [1.29, 1.82) is 0 Å². The van der Waals surface area contributed by atoms with Gasteiger partial charge in [0.25, 0.3) is 0 Å². The number of nitrogens with two attached hydrogens (primary N) is 1. The van der Waals surface area contributed by atoms with Crippen molar-refractivity contribution >= 4 is 0 Å². The molecule has 0 saturated heterocycles. The lowest BCUT2D eigenvalue weighted by Crippen LogP contribution is -2.34. The van der Waals surface area contributed by atoms with E-state index in [1.165, 1.54) is 12.1 Å². The van der Waals surface area contributed by atoms with Gasteiger partial charge in [-0.3, -0.25) is 0 Å². The Morgan fingerprint density at radius 1 is 1.36 bits per heavy atom. The van der Waals surface area contributed by atoms with E-state index in [0.717, 1.165) is 18.5 Å². The van der Waals surface area contributed by atoms with Gasteiger partial charge in [0.15, 0.2) is 0 Å². The quantitative estimate of drug-likeness (QED) is 0.745. The Kier molecular flexibility index (Phi) is 4.56. The number of hydrogen-bond acceptors (Lipinski definition) is 2. The Morgan fingerprint density at radius 2 is 2.00 bits per heavy atom. The topological polar surface area (TPSA) is 38.0 Å². The molecule has 1 atom stereocenters. The molecule has 0 aliphatic heterocycles. The monoisotopic (exact) mass is 196 g/mol. The van der Waals surface area contributed by atoms with E-state index >= 15 is 0 Å². The molecule has 1 rings (SSSR count). The molecule has 3 N–H and O–H groups in total. The number of benzene rings is 1. The molecule has 1 aromatic carbocycles. The maximum absolute atomic E-state index is 12.6. The molecule has 3 heteroatoms. The van der Waals surface area contributed by atoms with E-state index in [1.54, 1.807) is 0 Å². The average Bonchev–Trinajstić information content (AvgIpc) is 2.21. The zero-order valence-corrected chi connectivity index (χ0v) is 8.46. The molecule has 0 aliphatic rings. The molecule has 78 valence electrons. The second-order valence-electron chi connectivity index (χ2n) is 3.47. The lowest BCUT2D eigenvalue weighted by atomic mass is 10.1. The highest BCUT2D eigenvalue weighted by atomic mass is 19.1. The van der Waals surface area contributed by atoms with E-state index in [-0.39, 0.29) is 5.82 Å². The highest BCUT2D eigenvalue weighted by molar-refractivity contribution is 5.16. The summed E-state index contributed by atoms with van der Waals surface area (Å²) in [5.74, 6) is -0.183. The standard InChI is InChI=1S/C11H17FN2/c1-9(8-13)14-7-6-10-2-4-11(12)5-3-10/h2-5,9,14H,6-8,13H2,1H3/t9-/m0/s1. The van der Waals surface area contributed by atoms with Crippen LogP contribution in [0.15, 0.2) is 24.3 Å². The molecule has 0 amide bonds. The number of hydrogen-bond donors (Lipinski definition) is 2. The maximum atomic E-state index is 12.6. The summed E-state index contributed by atoms with van der Waals surface area (Å²) in [6.45, 7) is 3.57. The second-order valence-corrected chi connectivity index (χ2v) is 3.47. The Hall–Kier alpha value is -0.930. The van der Waals surface area contributed by atoms with E-state index in [1.807, 2.05) is 19.1 Å². The maximum Gasteiger partial charge on any atom is 0.123 e. The van der Waals surface area contributed by atoms with Crippen LogP contribution in [-0.4, -0.2) is 19.1 Å². The van der Waals surface area contributed by atoms with Crippen LogP contribution in [0.1, 0.15) is 12.5 Å². The molecule has 2 nitrogen and oxygen atoms in total. The van der Waals surface area contributed by atoms with E-state index in [0.29, 0.717) is 12.6 Å². The van der Waals surface area contributed by atoms with Crippen molar-refractivity contribution in [2.24, 2.45) is 5.73 Å².